The lowest BCUT2D eigenvalue weighted by Crippen LogP contribution is -2.34. The molecule has 5 nitrogen and oxygen atoms in total. The number of carbonyl (C=O) groups is 1. The molecule has 0 saturated heterocycles. The molecular formula is C15H33N3O2. The van der Waals surface area contributed by atoms with E-state index in [4.69, 9.17) is 5.11 Å². The van der Waals surface area contributed by atoms with E-state index >= 15 is 0 Å². The molecule has 120 valence electrons. The molecule has 0 aromatic carbocycles. The lowest BCUT2D eigenvalue weighted by Gasteiger charge is -2.24. The number of rotatable bonds is 13. The Morgan fingerprint density at radius 3 is 1.85 bits per heavy atom. The Morgan fingerprint density at radius 2 is 1.40 bits per heavy atom. The summed E-state index contributed by atoms with van der Waals surface area (Å²) in [5.41, 5.74) is 0. The van der Waals surface area contributed by atoms with Crippen LogP contribution >= 0.6 is 0 Å². The molecule has 0 aliphatic rings. The maximum absolute atomic E-state index is 10.7. The van der Waals surface area contributed by atoms with Gasteiger partial charge in [0.05, 0.1) is 6.42 Å². The molecule has 0 spiro atoms. The smallest absolute Gasteiger partial charge is 0.304 e. The van der Waals surface area contributed by atoms with Crippen LogP contribution in [-0.4, -0.2) is 85.7 Å². The highest BCUT2D eigenvalue weighted by atomic mass is 16.4. The van der Waals surface area contributed by atoms with E-state index in [0.29, 0.717) is 6.54 Å². The zero-order valence-electron chi connectivity index (χ0n) is 13.8. The van der Waals surface area contributed by atoms with Crippen LogP contribution in [0.15, 0.2) is 0 Å². The highest BCUT2D eigenvalue weighted by molar-refractivity contribution is 5.66. The largest absolute Gasteiger partial charge is 0.481 e. The van der Waals surface area contributed by atoms with Crippen molar-refractivity contribution in [1.29, 1.82) is 0 Å². The first kappa shape index (κ1) is 19.4. The number of aliphatic carboxylic acids is 1. The van der Waals surface area contributed by atoms with Crippen molar-refractivity contribution in [3.63, 3.8) is 0 Å². The van der Waals surface area contributed by atoms with Crippen molar-refractivity contribution in [2.24, 2.45) is 0 Å². The van der Waals surface area contributed by atoms with Gasteiger partial charge in [0.2, 0.25) is 0 Å². The van der Waals surface area contributed by atoms with Crippen LogP contribution in [0.5, 0.6) is 0 Å². The molecular weight excluding hydrogens is 254 g/mol. The Bertz CT molecular complexity index is 243. The van der Waals surface area contributed by atoms with Gasteiger partial charge in [-0.05, 0) is 53.1 Å². The number of unbranched alkanes of at least 4 members (excludes halogenated alkanes) is 1. The summed E-state index contributed by atoms with van der Waals surface area (Å²) in [6.45, 7) is 11.4. The minimum atomic E-state index is -0.706. The highest BCUT2D eigenvalue weighted by Gasteiger charge is 2.08. The normalized spacial score (nSPS) is 11.8. The molecule has 0 saturated carbocycles. The maximum Gasteiger partial charge on any atom is 0.304 e. The third kappa shape index (κ3) is 11.2. The molecule has 0 fully saturated rings. The van der Waals surface area contributed by atoms with Gasteiger partial charge in [-0.15, -0.1) is 0 Å². The summed E-state index contributed by atoms with van der Waals surface area (Å²) in [5.74, 6) is -0.706. The van der Waals surface area contributed by atoms with Crippen LogP contribution in [0.2, 0.25) is 0 Å². The predicted molar refractivity (Wildman–Crippen MR) is 84.3 cm³/mol. The van der Waals surface area contributed by atoms with Gasteiger partial charge in [-0.3, -0.25) is 4.79 Å². The molecule has 0 radical (unpaired) electrons. The Kier molecular flexibility index (Phi) is 11.7. The van der Waals surface area contributed by atoms with E-state index in [2.05, 4.69) is 42.6 Å². The van der Waals surface area contributed by atoms with Crippen LogP contribution in [0.25, 0.3) is 0 Å². The Morgan fingerprint density at radius 1 is 0.850 bits per heavy atom. The molecule has 1 N–H and O–H groups in total. The molecule has 0 bridgehead atoms. The van der Waals surface area contributed by atoms with Gasteiger partial charge in [-0.1, -0.05) is 13.8 Å². The zero-order chi connectivity index (χ0) is 15.4. The predicted octanol–water partition coefficient (Wildman–Crippen LogP) is 1.45. The van der Waals surface area contributed by atoms with Crippen molar-refractivity contribution >= 4 is 5.97 Å². The number of carboxylic acids is 1. The molecule has 0 aliphatic heterocycles. The SMILES string of the molecule is CCN(CC)CCCCN(CCC(=O)O)CCN(C)C. The first-order valence-electron chi connectivity index (χ1n) is 7.80. The Labute approximate surface area is 124 Å². The van der Waals surface area contributed by atoms with E-state index < -0.39 is 5.97 Å². The average molecular weight is 287 g/mol. The topological polar surface area (TPSA) is 47.0 Å². The number of likely N-dealkylation sites (N-methyl/N-ethyl adjacent to an activating group) is 1. The van der Waals surface area contributed by atoms with E-state index in [1.54, 1.807) is 0 Å². The fourth-order valence-corrected chi connectivity index (χ4v) is 2.14. The molecule has 0 heterocycles. The summed E-state index contributed by atoms with van der Waals surface area (Å²) in [5, 5.41) is 8.80. The lowest BCUT2D eigenvalue weighted by molar-refractivity contribution is -0.137. The zero-order valence-corrected chi connectivity index (χ0v) is 13.8. The number of hydrogen-bond donors (Lipinski definition) is 1. The van der Waals surface area contributed by atoms with Crippen molar-refractivity contribution in [3.8, 4) is 0 Å². The highest BCUT2D eigenvalue weighted by Crippen LogP contribution is 2.00. The number of carboxylic acid groups (broad SMARTS) is 1. The van der Waals surface area contributed by atoms with Crippen molar-refractivity contribution in [2.45, 2.75) is 33.1 Å². The minimum Gasteiger partial charge on any atom is -0.481 e. The van der Waals surface area contributed by atoms with Gasteiger partial charge in [-0.25, -0.2) is 0 Å². The van der Waals surface area contributed by atoms with Crippen molar-refractivity contribution in [2.75, 3.05) is 59.9 Å². The van der Waals surface area contributed by atoms with Gasteiger partial charge in [0.25, 0.3) is 0 Å². The van der Waals surface area contributed by atoms with Crippen molar-refractivity contribution in [3.05, 3.63) is 0 Å². The fourth-order valence-electron chi connectivity index (χ4n) is 2.14. The van der Waals surface area contributed by atoms with E-state index in [0.717, 1.165) is 45.7 Å². The summed E-state index contributed by atoms with van der Waals surface area (Å²) in [6, 6.07) is 0. The molecule has 0 atom stereocenters. The van der Waals surface area contributed by atoms with E-state index in [1.807, 2.05) is 0 Å². The average Bonchev–Trinajstić information content (AvgIpc) is 2.40. The molecule has 5 heteroatoms. The fraction of sp³-hybridized carbons (Fsp3) is 0.933. The standard InChI is InChI=1S/C15H33N3O2/c1-5-17(6-2)10-7-8-11-18(12-9-15(19)20)14-13-16(3)4/h5-14H2,1-4H3,(H,19,20). The van der Waals surface area contributed by atoms with Crippen LogP contribution in [0, 0.1) is 0 Å². The molecule has 0 aromatic rings. The second-order valence-electron chi connectivity index (χ2n) is 5.52. The molecule has 0 aliphatic carbocycles. The van der Waals surface area contributed by atoms with Crippen LogP contribution in [-0.2, 0) is 4.79 Å². The molecule has 0 rings (SSSR count). The monoisotopic (exact) mass is 287 g/mol. The summed E-state index contributed by atoms with van der Waals surface area (Å²) in [6.07, 6.45) is 2.57. The van der Waals surface area contributed by atoms with E-state index in [-0.39, 0.29) is 6.42 Å². The van der Waals surface area contributed by atoms with Gasteiger partial charge < -0.3 is 19.8 Å². The van der Waals surface area contributed by atoms with Crippen LogP contribution in [0.1, 0.15) is 33.1 Å². The van der Waals surface area contributed by atoms with Gasteiger partial charge in [-0.2, -0.15) is 0 Å². The Hall–Kier alpha value is -0.650. The summed E-state index contributed by atoms with van der Waals surface area (Å²) in [7, 11) is 4.10. The van der Waals surface area contributed by atoms with Gasteiger partial charge >= 0.3 is 5.97 Å². The summed E-state index contributed by atoms with van der Waals surface area (Å²) in [4.78, 5) is 17.5. The van der Waals surface area contributed by atoms with Gasteiger partial charge in [0, 0.05) is 19.6 Å². The van der Waals surface area contributed by atoms with Crippen LogP contribution < -0.4 is 0 Å². The third-order valence-corrected chi connectivity index (χ3v) is 3.60. The maximum atomic E-state index is 10.7. The Balaban J connectivity index is 3.91. The summed E-state index contributed by atoms with van der Waals surface area (Å²) >= 11 is 0. The number of hydrogen-bond acceptors (Lipinski definition) is 4. The molecule has 0 amide bonds. The quantitative estimate of drug-likeness (QED) is 0.520. The molecule has 0 unspecified atom stereocenters. The second-order valence-corrected chi connectivity index (χ2v) is 5.52. The third-order valence-electron chi connectivity index (χ3n) is 3.60. The second kappa shape index (κ2) is 12.1. The molecule has 20 heavy (non-hydrogen) atoms. The molecule has 0 aromatic heterocycles. The van der Waals surface area contributed by atoms with E-state index in [9.17, 15) is 4.79 Å². The first-order valence-corrected chi connectivity index (χ1v) is 7.80. The minimum absolute atomic E-state index is 0.240. The lowest BCUT2D eigenvalue weighted by atomic mass is 10.2. The van der Waals surface area contributed by atoms with Crippen LogP contribution in [0.3, 0.4) is 0 Å². The first-order chi connectivity index (χ1) is 9.49. The van der Waals surface area contributed by atoms with Crippen molar-refractivity contribution in [1.82, 2.24) is 14.7 Å². The summed E-state index contributed by atoms with van der Waals surface area (Å²) < 4.78 is 0. The number of nitrogens with zero attached hydrogens (tertiary/aromatic N) is 3. The van der Waals surface area contributed by atoms with Gasteiger partial charge in [0.1, 0.15) is 0 Å². The van der Waals surface area contributed by atoms with E-state index in [1.165, 1.54) is 6.42 Å². The van der Waals surface area contributed by atoms with Gasteiger partial charge in [0.15, 0.2) is 0 Å². The van der Waals surface area contributed by atoms with Crippen molar-refractivity contribution < 1.29 is 9.90 Å². The van der Waals surface area contributed by atoms with Crippen LogP contribution in [0.4, 0.5) is 0 Å².